The molecule has 0 saturated heterocycles. The summed E-state index contributed by atoms with van der Waals surface area (Å²) in [6.45, 7) is 0. The predicted molar refractivity (Wildman–Crippen MR) is 75.9 cm³/mol. The maximum Gasteiger partial charge on any atom is 0.149 e. The molecule has 0 bridgehead atoms. The second-order valence-electron chi connectivity index (χ2n) is 3.60. The monoisotopic (exact) mass is 376 g/mol. The second-order valence-corrected chi connectivity index (χ2v) is 5.37. The highest BCUT2D eigenvalue weighted by atomic mass is 79.9. The quantitative estimate of drug-likeness (QED) is 0.581. The lowest BCUT2D eigenvalue weighted by atomic mass is 10.2. The normalized spacial score (nSPS) is 10.4. The Kier molecular flexibility index (Phi) is 3.87. The minimum Gasteiger partial charge on any atom is -0.397 e. The summed E-state index contributed by atoms with van der Waals surface area (Å²) in [5.74, 6) is -1.34. The molecule has 0 aliphatic carbocycles. The highest BCUT2D eigenvalue weighted by molar-refractivity contribution is 9.10. The summed E-state index contributed by atoms with van der Waals surface area (Å²) in [6, 6.07) is 7.30. The summed E-state index contributed by atoms with van der Waals surface area (Å²) in [7, 11) is 0. The molecule has 0 amide bonds. The molecule has 2 aromatic carbocycles. The first-order valence-corrected chi connectivity index (χ1v) is 6.52. The summed E-state index contributed by atoms with van der Waals surface area (Å²) >= 11 is 6.30. The SMILES string of the molecule is Nc1ccc(Br)cc1Nc1cc(Br)c(F)cc1F. The Labute approximate surface area is 119 Å². The zero-order chi connectivity index (χ0) is 13.3. The molecule has 0 unspecified atom stereocenters. The van der Waals surface area contributed by atoms with E-state index in [1.54, 1.807) is 18.2 Å². The van der Waals surface area contributed by atoms with E-state index in [9.17, 15) is 8.78 Å². The molecule has 0 radical (unpaired) electrons. The lowest BCUT2D eigenvalue weighted by molar-refractivity contribution is 0.581. The van der Waals surface area contributed by atoms with Gasteiger partial charge in [-0.2, -0.15) is 0 Å². The van der Waals surface area contributed by atoms with Crippen LogP contribution < -0.4 is 11.1 Å². The van der Waals surface area contributed by atoms with Crippen LogP contribution in [0.1, 0.15) is 0 Å². The minimum atomic E-state index is -0.685. The summed E-state index contributed by atoms with van der Waals surface area (Å²) in [6.07, 6.45) is 0. The number of nitrogen functional groups attached to an aromatic ring is 1. The first-order valence-electron chi connectivity index (χ1n) is 4.94. The van der Waals surface area contributed by atoms with E-state index in [2.05, 4.69) is 37.2 Å². The predicted octanol–water partition coefficient (Wildman–Crippen LogP) is 4.82. The van der Waals surface area contributed by atoms with Crippen molar-refractivity contribution in [2.75, 3.05) is 11.1 Å². The first-order chi connectivity index (χ1) is 8.47. The Morgan fingerprint density at radius 2 is 1.67 bits per heavy atom. The van der Waals surface area contributed by atoms with Crippen LogP contribution in [0.2, 0.25) is 0 Å². The third kappa shape index (κ3) is 2.81. The average Bonchev–Trinajstić information content (AvgIpc) is 2.30. The van der Waals surface area contributed by atoms with Gasteiger partial charge in [-0.05, 0) is 40.2 Å². The van der Waals surface area contributed by atoms with E-state index in [-0.39, 0.29) is 10.2 Å². The number of rotatable bonds is 2. The van der Waals surface area contributed by atoms with Crippen molar-refractivity contribution in [3.8, 4) is 0 Å². The molecular formula is C12H8Br2F2N2. The van der Waals surface area contributed by atoms with Crippen LogP contribution in [0.25, 0.3) is 0 Å². The number of halogens is 4. The third-order valence-electron chi connectivity index (χ3n) is 2.29. The Hall–Kier alpha value is -1.14. The highest BCUT2D eigenvalue weighted by Gasteiger charge is 2.09. The van der Waals surface area contributed by atoms with Crippen molar-refractivity contribution in [2.24, 2.45) is 0 Å². The molecule has 2 rings (SSSR count). The molecule has 18 heavy (non-hydrogen) atoms. The van der Waals surface area contributed by atoms with Gasteiger partial charge in [-0.1, -0.05) is 15.9 Å². The van der Waals surface area contributed by atoms with Crippen molar-refractivity contribution in [1.82, 2.24) is 0 Å². The molecule has 0 spiro atoms. The molecule has 0 saturated carbocycles. The van der Waals surface area contributed by atoms with Crippen LogP contribution in [0.3, 0.4) is 0 Å². The zero-order valence-corrected chi connectivity index (χ0v) is 12.1. The number of nitrogens with two attached hydrogens (primary N) is 1. The number of benzene rings is 2. The van der Waals surface area contributed by atoms with Crippen molar-refractivity contribution in [2.45, 2.75) is 0 Å². The summed E-state index contributed by atoms with van der Waals surface area (Å²) < 4.78 is 27.7. The Morgan fingerprint density at radius 3 is 2.39 bits per heavy atom. The molecule has 0 atom stereocenters. The third-order valence-corrected chi connectivity index (χ3v) is 3.40. The Bertz CT molecular complexity index is 603. The highest BCUT2D eigenvalue weighted by Crippen LogP contribution is 2.30. The largest absolute Gasteiger partial charge is 0.397 e. The van der Waals surface area contributed by atoms with Crippen LogP contribution in [0.4, 0.5) is 25.8 Å². The van der Waals surface area contributed by atoms with E-state index >= 15 is 0 Å². The number of hydrogen-bond acceptors (Lipinski definition) is 2. The van der Waals surface area contributed by atoms with Crippen molar-refractivity contribution >= 4 is 48.9 Å². The van der Waals surface area contributed by atoms with Gasteiger partial charge in [0.25, 0.3) is 0 Å². The van der Waals surface area contributed by atoms with Crippen LogP contribution in [0.5, 0.6) is 0 Å². The Morgan fingerprint density at radius 1 is 0.944 bits per heavy atom. The molecule has 2 nitrogen and oxygen atoms in total. The standard InChI is InChI=1S/C12H8Br2F2N2/c13-6-1-2-10(17)12(3-6)18-11-4-7(14)8(15)5-9(11)16/h1-5,18H,17H2. The number of nitrogens with one attached hydrogen (secondary N) is 1. The lowest BCUT2D eigenvalue weighted by Gasteiger charge is -2.11. The van der Waals surface area contributed by atoms with Crippen LogP contribution in [-0.4, -0.2) is 0 Å². The molecule has 0 fully saturated rings. The van der Waals surface area contributed by atoms with Gasteiger partial charge in [0.05, 0.1) is 21.5 Å². The van der Waals surface area contributed by atoms with Crippen LogP contribution in [0.15, 0.2) is 39.3 Å². The fourth-order valence-electron chi connectivity index (χ4n) is 1.40. The van der Waals surface area contributed by atoms with Crippen LogP contribution >= 0.6 is 31.9 Å². The molecule has 3 N–H and O–H groups in total. The van der Waals surface area contributed by atoms with Crippen molar-refractivity contribution in [3.63, 3.8) is 0 Å². The lowest BCUT2D eigenvalue weighted by Crippen LogP contribution is -1.99. The van der Waals surface area contributed by atoms with E-state index in [1.807, 2.05) is 0 Å². The summed E-state index contributed by atoms with van der Waals surface area (Å²) in [5, 5.41) is 2.82. The second kappa shape index (κ2) is 5.24. The van der Waals surface area contributed by atoms with Gasteiger partial charge in [0.15, 0.2) is 0 Å². The Balaban J connectivity index is 2.40. The molecular weight excluding hydrogens is 370 g/mol. The molecule has 0 heterocycles. The smallest absolute Gasteiger partial charge is 0.149 e. The fraction of sp³-hybridized carbons (Fsp3) is 0. The van der Waals surface area contributed by atoms with Gasteiger partial charge in [0.1, 0.15) is 11.6 Å². The molecule has 6 heteroatoms. The van der Waals surface area contributed by atoms with E-state index < -0.39 is 11.6 Å². The van der Waals surface area contributed by atoms with Crippen LogP contribution in [-0.2, 0) is 0 Å². The van der Waals surface area contributed by atoms with Crippen molar-refractivity contribution in [3.05, 3.63) is 50.9 Å². The zero-order valence-electron chi connectivity index (χ0n) is 8.98. The molecule has 94 valence electrons. The van der Waals surface area contributed by atoms with E-state index in [0.29, 0.717) is 11.4 Å². The first kappa shape index (κ1) is 13.3. The maximum atomic E-state index is 13.6. The van der Waals surface area contributed by atoms with Crippen molar-refractivity contribution < 1.29 is 8.78 Å². The number of anilines is 3. The molecule has 0 aliphatic heterocycles. The van der Waals surface area contributed by atoms with Crippen LogP contribution in [0, 0.1) is 11.6 Å². The minimum absolute atomic E-state index is 0.146. The van der Waals surface area contributed by atoms with E-state index in [0.717, 1.165) is 10.5 Å². The molecule has 2 aromatic rings. The topological polar surface area (TPSA) is 38.0 Å². The van der Waals surface area contributed by atoms with E-state index in [4.69, 9.17) is 5.73 Å². The van der Waals surface area contributed by atoms with Gasteiger partial charge in [0, 0.05) is 10.5 Å². The van der Waals surface area contributed by atoms with E-state index in [1.165, 1.54) is 6.07 Å². The van der Waals surface area contributed by atoms with Gasteiger partial charge in [0.2, 0.25) is 0 Å². The molecule has 0 aromatic heterocycles. The maximum absolute atomic E-state index is 13.6. The summed E-state index contributed by atoms with van der Waals surface area (Å²) in [5.41, 5.74) is 6.92. The average molecular weight is 378 g/mol. The van der Waals surface area contributed by atoms with Gasteiger partial charge in [-0.3, -0.25) is 0 Å². The summed E-state index contributed by atoms with van der Waals surface area (Å²) in [4.78, 5) is 0. The van der Waals surface area contributed by atoms with Gasteiger partial charge < -0.3 is 11.1 Å². The van der Waals surface area contributed by atoms with Crippen molar-refractivity contribution in [1.29, 1.82) is 0 Å². The fourth-order valence-corrected chi connectivity index (χ4v) is 2.10. The van der Waals surface area contributed by atoms with Gasteiger partial charge >= 0.3 is 0 Å². The van der Waals surface area contributed by atoms with Gasteiger partial charge in [-0.25, -0.2) is 8.78 Å². The van der Waals surface area contributed by atoms with Gasteiger partial charge in [-0.15, -0.1) is 0 Å². The molecule has 0 aliphatic rings. The number of hydrogen-bond donors (Lipinski definition) is 2.